The van der Waals surface area contributed by atoms with E-state index in [4.69, 9.17) is 0 Å². The summed E-state index contributed by atoms with van der Waals surface area (Å²) in [6, 6.07) is 8.27. The molecule has 5 aliphatic rings. The maximum absolute atomic E-state index is 13.0. The number of hydrogen-bond acceptors (Lipinski definition) is 3. The van der Waals surface area contributed by atoms with Gasteiger partial charge >= 0.3 is 0 Å². The van der Waals surface area contributed by atoms with Crippen LogP contribution in [0.25, 0.3) is 0 Å². The van der Waals surface area contributed by atoms with Crippen molar-refractivity contribution in [3.63, 3.8) is 0 Å². The fourth-order valence-corrected chi connectivity index (χ4v) is 5.16. The summed E-state index contributed by atoms with van der Waals surface area (Å²) in [5, 5.41) is 9.82. The van der Waals surface area contributed by atoms with E-state index in [1.165, 1.54) is 11.1 Å². The highest BCUT2D eigenvalue weighted by atomic mass is 16.2. The first-order valence-electron chi connectivity index (χ1n) is 9.84. The summed E-state index contributed by atoms with van der Waals surface area (Å²) in [4.78, 5) is 24.6. The molecular weight excluding hydrogens is 338 g/mol. The average Bonchev–Trinajstić information content (AvgIpc) is 2.60. The van der Waals surface area contributed by atoms with Crippen molar-refractivity contribution in [2.24, 2.45) is 11.8 Å². The van der Waals surface area contributed by atoms with Crippen LogP contribution in [0.15, 0.2) is 35.9 Å². The molecule has 4 atom stereocenters. The van der Waals surface area contributed by atoms with Gasteiger partial charge in [-0.25, -0.2) is 0 Å². The number of fused-ring (bicyclic) bond motifs is 1. The molecule has 4 bridgehead atoms. The van der Waals surface area contributed by atoms with Crippen molar-refractivity contribution >= 4 is 17.5 Å². The Morgan fingerprint density at radius 3 is 2.33 bits per heavy atom. The van der Waals surface area contributed by atoms with Crippen molar-refractivity contribution < 1.29 is 9.59 Å². The minimum Gasteiger partial charge on any atom is -0.372 e. The minimum atomic E-state index is -0.693. The zero-order valence-electron chi connectivity index (χ0n) is 16.6. The van der Waals surface area contributed by atoms with Gasteiger partial charge in [0.25, 0.3) is 0 Å². The summed E-state index contributed by atoms with van der Waals surface area (Å²) in [6.45, 7) is 7.47. The highest BCUT2D eigenvalue weighted by Gasteiger charge is 2.59. The summed E-state index contributed by atoms with van der Waals surface area (Å²) in [7, 11) is 0. The Hall–Kier alpha value is -2.30. The molecule has 3 N–H and O–H groups in total. The molecule has 3 saturated carbocycles. The number of carbonyl (C=O) groups is 2. The Kier molecular flexibility index (Phi) is 4.09. The Bertz CT molecular complexity index is 793. The largest absolute Gasteiger partial charge is 0.372 e. The van der Waals surface area contributed by atoms with Gasteiger partial charge in [0.15, 0.2) is 0 Å². The molecule has 2 amide bonds. The number of aryl methyl sites for hydroxylation is 1. The zero-order valence-corrected chi connectivity index (χ0v) is 16.6. The van der Waals surface area contributed by atoms with Crippen LogP contribution in [-0.2, 0) is 9.59 Å². The van der Waals surface area contributed by atoms with Crippen molar-refractivity contribution in [1.29, 1.82) is 0 Å². The van der Waals surface area contributed by atoms with Crippen molar-refractivity contribution in [2.75, 3.05) is 5.32 Å². The van der Waals surface area contributed by atoms with Gasteiger partial charge < -0.3 is 16.0 Å². The summed E-state index contributed by atoms with van der Waals surface area (Å²) >= 11 is 0. The van der Waals surface area contributed by atoms with Gasteiger partial charge in [0.2, 0.25) is 11.8 Å². The second kappa shape index (κ2) is 6.11. The quantitative estimate of drug-likeness (QED) is 0.701. The number of hydrogen-bond donors (Lipinski definition) is 3. The SMILES string of the molecule is CC(=O)N[C@]12CC=C3[C@@H](C1)[C@@H](NC(=O)C(C)(C)Nc1ccc(C)cc1)[C@H]3C2. The third-order valence-electron chi connectivity index (χ3n) is 6.49. The smallest absolute Gasteiger partial charge is 0.245 e. The lowest BCUT2D eigenvalue weighted by Crippen LogP contribution is -2.70. The van der Waals surface area contributed by atoms with E-state index in [9.17, 15) is 9.59 Å². The monoisotopic (exact) mass is 367 g/mol. The van der Waals surface area contributed by atoms with Crippen LogP contribution in [-0.4, -0.2) is 28.9 Å². The van der Waals surface area contributed by atoms with E-state index in [1.54, 1.807) is 6.92 Å². The molecule has 5 nitrogen and oxygen atoms in total. The van der Waals surface area contributed by atoms with Crippen LogP contribution >= 0.6 is 0 Å². The van der Waals surface area contributed by atoms with Gasteiger partial charge in [-0.1, -0.05) is 29.3 Å². The van der Waals surface area contributed by atoms with E-state index in [0.29, 0.717) is 11.8 Å². The van der Waals surface area contributed by atoms with Gasteiger partial charge in [0.1, 0.15) is 5.54 Å². The van der Waals surface area contributed by atoms with Crippen LogP contribution in [0.1, 0.15) is 45.6 Å². The molecule has 27 heavy (non-hydrogen) atoms. The summed E-state index contributed by atoms with van der Waals surface area (Å²) < 4.78 is 0. The summed E-state index contributed by atoms with van der Waals surface area (Å²) in [5.41, 5.74) is 2.83. The first kappa shape index (κ1) is 18.1. The molecule has 0 saturated heterocycles. The molecular formula is C22H29N3O2. The Labute approximate surface area is 161 Å². The molecule has 1 aromatic carbocycles. The highest BCUT2D eigenvalue weighted by Crippen LogP contribution is 2.58. The topological polar surface area (TPSA) is 70.2 Å². The summed E-state index contributed by atoms with van der Waals surface area (Å²) in [5.74, 6) is 0.791. The molecule has 1 aromatic rings. The molecule has 0 spiro atoms. The lowest BCUT2D eigenvalue weighted by molar-refractivity contribution is -0.129. The van der Waals surface area contributed by atoms with Crippen LogP contribution in [0.5, 0.6) is 0 Å². The van der Waals surface area contributed by atoms with Crippen molar-refractivity contribution in [3.8, 4) is 0 Å². The lowest BCUT2D eigenvalue weighted by atomic mass is 9.48. The second-order valence-electron chi connectivity index (χ2n) is 9.11. The number of anilines is 1. The molecule has 0 aromatic heterocycles. The number of carbonyl (C=O) groups excluding carboxylic acids is 2. The van der Waals surface area contributed by atoms with Crippen molar-refractivity contribution in [3.05, 3.63) is 41.5 Å². The fraction of sp³-hybridized carbons (Fsp3) is 0.545. The van der Waals surface area contributed by atoms with Gasteiger partial charge in [-0.2, -0.15) is 0 Å². The zero-order chi connectivity index (χ0) is 19.4. The van der Waals surface area contributed by atoms with Gasteiger partial charge in [0.05, 0.1) is 0 Å². The van der Waals surface area contributed by atoms with Crippen LogP contribution in [0, 0.1) is 18.8 Å². The maximum Gasteiger partial charge on any atom is 0.245 e. The summed E-state index contributed by atoms with van der Waals surface area (Å²) in [6.07, 6.45) is 5.09. The minimum absolute atomic E-state index is 0.0229. The van der Waals surface area contributed by atoms with Crippen molar-refractivity contribution in [1.82, 2.24) is 10.6 Å². The number of nitrogens with one attached hydrogen (secondary N) is 3. The first-order valence-corrected chi connectivity index (χ1v) is 9.84. The fourth-order valence-electron chi connectivity index (χ4n) is 5.16. The third-order valence-corrected chi connectivity index (χ3v) is 6.49. The Morgan fingerprint density at radius 1 is 1.11 bits per heavy atom. The van der Waals surface area contributed by atoms with Crippen LogP contribution < -0.4 is 16.0 Å². The third kappa shape index (κ3) is 3.13. The molecule has 0 heterocycles. The standard InChI is InChI=1S/C22H29N3O2/c1-13-5-7-15(8-6-13)25-21(3,4)20(27)23-19-17-11-22(24-14(2)26)10-9-16(17)18(19)12-22/h5-9,17-19,25H,10-12H2,1-4H3,(H,23,27)(H,24,26)/t17-,18+,19-,22-. The predicted octanol–water partition coefficient (Wildman–Crippen LogP) is 2.92. The predicted molar refractivity (Wildman–Crippen MR) is 106 cm³/mol. The normalized spacial score (nSPS) is 30.8. The van der Waals surface area contributed by atoms with E-state index in [2.05, 4.69) is 22.0 Å². The molecule has 5 heteroatoms. The molecule has 6 rings (SSSR count). The van der Waals surface area contributed by atoms with E-state index in [1.807, 2.05) is 45.0 Å². The molecule has 0 aliphatic heterocycles. The maximum atomic E-state index is 13.0. The molecule has 5 aliphatic carbocycles. The van der Waals surface area contributed by atoms with Gasteiger partial charge in [-0.05, 0) is 52.2 Å². The average molecular weight is 367 g/mol. The van der Waals surface area contributed by atoms with Crippen LogP contribution in [0.2, 0.25) is 0 Å². The number of benzene rings is 1. The lowest BCUT2D eigenvalue weighted by Gasteiger charge is -2.62. The molecule has 3 fully saturated rings. The second-order valence-corrected chi connectivity index (χ2v) is 9.11. The van der Waals surface area contributed by atoms with Crippen molar-refractivity contribution in [2.45, 2.75) is 64.1 Å². The van der Waals surface area contributed by atoms with E-state index < -0.39 is 5.54 Å². The van der Waals surface area contributed by atoms with E-state index in [-0.39, 0.29) is 23.4 Å². The highest BCUT2D eigenvalue weighted by molar-refractivity contribution is 5.89. The van der Waals surface area contributed by atoms with Crippen LogP contribution in [0.4, 0.5) is 5.69 Å². The van der Waals surface area contributed by atoms with E-state index in [0.717, 1.165) is 24.9 Å². The Balaban J connectivity index is 1.41. The van der Waals surface area contributed by atoms with Gasteiger partial charge in [-0.15, -0.1) is 0 Å². The Morgan fingerprint density at radius 2 is 1.74 bits per heavy atom. The van der Waals surface area contributed by atoms with Crippen LogP contribution in [0.3, 0.4) is 0 Å². The number of rotatable bonds is 5. The van der Waals surface area contributed by atoms with Gasteiger partial charge in [0, 0.05) is 36.0 Å². The van der Waals surface area contributed by atoms with E-state index >= 15 is 0 Å². The first-order chi connectivity index (χ1) is 12.7. The number of amides is 2. The molecule has 0 radical (unpaired) electrons. The van der Waals surface area contributed by atoms with Gasteiger partial charge in [-0.3, -0.25) is 9.59 Å². The molecule has 0 unspecified atom stereocenters. The molecule has 144 valence electrons.